The Morgan fingerprint density at radius 3 is 2.63 bits per heavy atom. The van der Waals surface area contributed by atoms with Crippen molar-refractivity contribution in [3.63, 3.8) is 0 Å². The van der Waals surface area contributed by atoms with E-state index in [2.05, 4.69) is 0 Å². The van der Waals surface area contributed by atoms with Crippen molar-refractivity contribution in [2.24, 2.45) is 5.73 Å². The van der Waals surface area contributed by atoms with E-state index in [4.69, 9.17) is 10.5 Å². The summed E-state index contributed by atoms with van der Waals surface area (Å²) in [5, 5.41) is 10.5. The second-order valence-corrected chi connectivity index (χ2v) is 4.90. The molecule has 7 heteroatoms. The van der Waals surface area contributed by atoms with E-state index in [0.29, 0.717) is 12.0 Å². The van der Waals surface area contributed by atoms with E-state index in [0.717, 1.165) is 5.75 Å². The summed E-state index contributed by atoms with van der Waals surface area (Å²) in [5.74, 6) is 0.348. The van der Waals surface area contributed by atoms with E-state index in [1.54, 1.807) is 23.9 Å². The molecule has 0 saturated heterocycles. The SMILES string of the molecule is CSCC[C@H](N)C(=O)OCc1ccc([N+](=O)[O-])cc1. The standard InChI is InChI=1S/C12H16N2O4S/c1-19-7-6-11(13)12(15)18-8-9-2-4-10(5-3-9)14(16)17/h2-5,11H,6-8,13H2,1H3/t11-/m0/s1. The Kier molecular flexibility index (Phi) is 6.31. The van der Waals surface area contributed by atoms with Crippen molar-refractivity contribution in [2.45, 2.75) is 19.1 Å². The lowest BCUT2D eigenvalue weighted by Crippen LogP contribution is -2.32. The molecule has 2 N–H and O–H groups in total. The summed E-state index contributed by atoms with van der Waals surface area (Å²) in [7, 11) is 0. The predicted octanol–water partition coefficient (Wildman–Crippen LogP) is 1.72. The van der Waals surface area contributed by atoms with Crippen LogP contribution in [0.3, 0.4) is 0 Å². The van der Waals surface area contributed by atoms with Gasteiger partial charge in [0.05, 0.1) is 4.92 Å². The van der Waals surface area contributed by atoms with Gasteiger partial charge in [0, 0.05) is 12.1 Å². The van der Waals surface area contributed by atoms with Crippen LogP contribution >= 0.6 is 11.8 Å². The van der Waals surface area contributed by atoms with E-state index in [1.807, 2.05) is 6.26 Å². The molecule has 1 aromatic rings. The minimum absolute atomic E-state index is 0.00625. The highest BCUT2D eigenvalue weighted by Crippen LogP contribution is 2.12. The highest BCUT2D eigenvalue weighted by molar-refractivity contribution is 7.98. The number of hydrogen-bond donors (Lipinski definition) is 1. The van der Waals surface area contributed by atoms with Crippen LogP contribution in [0.2, 0.25) is 0 Å². The van der Waals surface area contributed by atoms with Crippen molar-refractivity contribution < 1.29 is 14.5 Å². The summed E-state index contributed by atoms with van der Waals surface area (Å²) < 4.78 is 5.04. The second-order valence-electron chi connectivity index (χ2n) is 3.92. The number of benzene rings is 1. The van der Waals surface area contributed by atoms with E-state index in [-0.39, 0.29) is 12.3 Å². The van der Waals surface area contributed by atoms with Crippen molar-refractivity contribution >= 4 is 23.4 Å². The van der Waals surface area contributed by atoms with Crippen LogP contribution in [0.25, 0.3) is 0 Å². The molecular formula is C12H16N2O4S. The van der Waals surface area contributed by atoms with Gasteiger partial charge in [-0.2, -0.15) is 11.8 Å². The quantitative estimate of drug-likeness (QED) is 0.465. The summed E-state index contributed by atoms with van der Waals surface area (Å²) in [6.07, 6.45) is 2.51. The molecule has 0 aliphatic heterocycles. The molecule has 0 radical (unpaired) electrons. The summed E-state index contributed by atoms with van der Waals surface area (Å²) in [5.41, 5.74) is 6.35. The monoisotopic (exact) mass is 284 g/mol. The highest BCUT2D eigenvalue weighted by Gasteiger charge is 2.14. The van der Waals surface area contributed by atoms with Crippen LogP contribution in [-0.2, 0) is 16.1 Å². The van der Waals surface area contributed by atoms with Gasteiger partial charge in [-0.25, -0.2) is 0 Å². The fourth-order valence-corrected chi connectivity index (χ4v) is 1.83. The number of rotatable bonds is 7. The molecule has 104 valence electrons. The van der Waals surface area contributed by atoms with Crippen molar-refractivity contribution in [3.05, 3.63) is 39.9 Å². The van der Waals surface area contributed by atoms with Gasteiger partial charge >= 0.3 is 5.97 Å². The Bertz CT molecular complexity index is 436. The maximum Gasteiger partial charge on any atom is 0.323 e. The first-order chi connectivity index (χ1) is 9.04. The fourth-order valence-electron chi connectivity index (χ4n) is 1.34. The van der Waals surface area contributed by atoms with Gasteiger partial charge < -0.3 is 10.5 Å². The van der Waals surface area contributed by atoms with Crippen molar-refractivity contribution in [3.8, 4) is 0 Å². The first-order valence-electron chi connectivity index (χ1n) is 5.69. The third kappa shape index (κ3) is 5.27. The topological polar surface area (TPSA) is 95.5 Å². The number of ether oxygens (including phenoxy) is 1. The van der Waals surface area contributed by atoms with Crippen LogP contribution in [0, 0.1) is 10.1 Å². The molecule has 0 aromatic heterocycles. The van der Waals surface area contributed by atoms with Crippen LogP contribution in [-0.4, -0.2) is 28.9 Å². The molecule has 0 spiro atoms. The minimum Gasteiger partial charge on any atom is -0.460 e. The molecule has 1 aromatic carbocycles. The van der Waals surface area contributed by atoms with E-state index < -0.39 is 16.9 Å². The molecule has 1 rings (SSSR count). The number of esters is 1. The van der Waals surface area contributed by atoms with Gasteiger partial charge in [-0.1, -0.05) is 0 Å². The zero-order chi connectivity index (χ0) is 14.3. The zero-order valence-electron chi connectivity index (χ0n) is 10.6. The van der Waals surface area contributed by atoms with Gasteiger partial charge in [-0.3, -0.25) is 14.9 Å². The van der Waals surface area contributed by atoms with Gasteiger partial charge in [-0.05, 0) is 36.1 Å². The summed E-state index contributed by atoms with van der Waals surface area (Å²) in [6.45, 7) is 0.0732. The molecule has 1 atom stereocenters. The van der Waals surface area contributed by atoms with Crippen LogP contribution < -0.4 is 5.73 Å². The molecule has 6 nitrogen and oxygen atoms in total. The molecule has 0 amide bonds. The van der Waals surface area contributed by atoms with Crippen LogP contribution in [0.1, 0.15) is 12.0 Å². The Morgan fingerprint density at radius 2 is 2.11 bits per heavy atom. The summed E-state index contributed by atoms with van der Waals surface area (Å²) in [6, 6.07) is 5.23. The smallest absolute Gasteiger partial charge is 0.323 e. The van der Waals surface area contributed by atoms with Crippen LogP contribution in [0.15, 0.2) is 24.3 Å². The molecule has 0 aliphatic carbocycles. The lowest BCUT2D eigenvalue weighted by atomic mass is 10.2. The number of thioether (sulfide) groups is 1. The van der Waals surface area contributed by atoms with Crippen LogP contribution in [0.5, 0.6) is 0 Å². The Balaban J connectivity index is 2.43. The average Bonchev–Trinajstić information content (AvgIpc) is 2.42. The lowest BCUT2D eigenvalue weighted by Gasteiger charge is -2.10. The second kappa shape index (κ2) is 7.75. The highest BCUT2D eigenvalue weighted by atomic mass is 32.2. The predicted molar refractivity (Wildman–Crippen MR) is 73.9 cm³/mol. The number of nitrogens with zero attached hydrogens (tertiary/aromatic N) is 1. The number of nitro benzene ring substituents is 1. The van der Waals surface area contributed by atoms with Gasteiger partial charge in [0.15, 0.2) is 0 Å². The maximum atomic E-state index is 11.5. The molecule has 0 saturated carbocycles. The van der Waals surface area contributed by atoms with E-state index in [1.165, 1.54) is 12.1 Å². The van der Waals surface area contributed by atoms with Crippen LogP contribution in [0.4, 0.5) is 5.69 Å². The molecule has 0 aliphatic rings. The van der Waals surface area contributed by atoms with Gasteiger partial charge in [-0.15, -0.1) is 0 Å². The average molecular weight is 284 g/mol. The Hall–Kier alpha value is -1.60. The number of carbonyl (C=O) groups excluding carboxylic acids is 1. The zero-order valence-corrected chi connectivity index (χ0v) is 11.4. The third-order valence-corrected chi connectivity index (χ3v) is 3.11. The minimum atomic E-state index is -0.620. The molecule has 0 unspecified atom stereocenters. The van der Waals surface area contributed by atoms with Gasteiger partial charge in [0.25, 0.3) is 5.69 Å². The normalized spacial score (nSPS) is 11.9. The molecular weight excluding hydrogens is 268 g/mol. The van der Waals surface area contributed by atoms with E-state index in [9.17, 15) is 14.9 Å². The number of nitrogens with two attached hydrogens (primary N) is 1. The first kappa shape index (κ1) is 15.5. The maximum absolute atomic E-state index is 11.5. The number of nitro groups is 1. The largest absolute Gasteiger partial charge is 0.460 e. The molecule has 19 heavy (non-hydrogen) atoms. The lowest BCUT2D eigenvalue weighted by molar-refractivity contribution is -0.384. The molecule has 0 fully saturated rings. The Morgan fingerprint density at radius 1 is 1.47 bits per heavy atom. The Labute approximate surface area is 115 Å². The fraction of sp³-hybridized carbons (Fsp3) is 0.417. The van der Waals surface area contributed by atoms with Crippen molar-refractivity contribution in [2.75, 3.05) is 12.0 Å². The molecule has 0 bridgehead atoms. The van der Waals surface area contributed by atoms with Gasteiger partial charge in [0.1, 0.15) is 12.6 Å². The summed E-state index contributed by atoms with van der Waals surface area (Å²) >= 11 is 1.61. The van der Waals surface area contributed by atoms with Crippen molar-refractivity contribution in [1.29, 1.82) is 0 Å². The molecule has 0 heterocycles. The number of carbonyl (C=O) groups is 1. The number of hydrogen-bond acceptors (Lipinski definition) is 6. The third-order valence-electron chi connectivity index (χ3n) is 2.46. The van der Waals surface area contributed by atoms with E-state index >= 15 is 0 Å². The van der Waals surface area contributed by atoms with Crippen molar-refractivity contribution in [1.82, 2.24) is 0 Å². The first-order valence-corrected chi connectivity index (χ1v) is 7.08. The number of non-ortho nitro benzene ring substituents is 1. The summed E-state index contributed by atoms with van der Waals surface area (Å²) in [4.78, 5) is 21.5. The van der Waals surface area contributed by atoms with Gasteiger partial charge in [0.2, 0.25) is 0 Å².